The van der Waals surface area contributed by atoms with Gasteiger partial charge in [-0.2, -0.15) is 0 Å². The third kappa shape index (κ3) is 3.58. The first kappa shape index (κ1) is 13.1. The topological polar surface area (TPSA) is 29.1 Å². The Balaban J connectivity index is 1.92. The Kier molecular flexibility index (Phi) is 4.31. The minimum Gasteiger partial charge on any atom is -0.352 e. The van der Waals surface area contributed by atoms with Crippen molar-refractivity contribution < 1.29 is 4.79 Å². The zero-order chi connectivity index (χ0) is 12.4. The molecule has 1 aliphatic carbocycles. The first-order valence-corrected chi connectivity index (χ1v) is 7.27. The predicted octanol–water partition coefficient (Wildman–Crippen LogP) is 3.72. The van der Waals surface area contributed by atoms with E-state index in [0.717, 1.165) is 16.0 Å². The second kappa shape index (κ2) is 5.57. The number of halogens is 2. The Labute approximate surface area is 120 Å². The molecule has 1 atom stereocenters. The van der Waals surface area contributed by atoms with Crippen molar-refractivity contribution in [3.05, 3.63) is 32.4 Å². The molecule has 92 valence electrons. The van der Waals surface area contributed by atoms with Gasteiger partial charge in [0.15, 0.2) is 0 Å². The lowest BCUT2D eigenvalue weighted by Crippen LogP contribution is -2.29. The quantitative estimate of drug-likeness (QED) is 0.812. The molecule has 0 aromatic heterocycles. The van der Waals surface area contributed by atoms with Crippen LogP contribution >= 0.6 is 34.2 Å². The van der Waals surface area contributed by atoms with Crippen LogP contribution in [0.1, 0.15) is 30.1 Å². The molecule has 4 heteroatoms. The number of benzene rings is 1. The summed E-state index contributed by atoms with van der Waals surface area (Å²) in [6, 6.07) is 5.40. The maximum Gasteiger partial charge on any atom is 0.251 e. The van der Waals surface area contributed by atoms with Crippen molar-refractivity contribution in [2.45, 2.75) is 19.8 Å². The average molecular weight is 364 g/mol. The molecule has 1 aromatic rings. The fourth-order valence-corrected chi connectivity index (χ4v) is 2.34. The van der Waals surface area contributed by atoms with Crippen molar-refractivity contribution in [2.75, 3.05) is 6.54 Å². The zero-order valence-electron chi connectivity index (χ0n) is 9.67. The average Bonchev–Trinajstić information content (AvgIpc) is 3.13. The molecular weight excluding hydrogens is 349 g/mol. The van der Waals surface area contributed by atoms with E-state index in [4.69, 9.17) is 11.6 Å². The van der Waals surface area contributed by atoms with E-state index in [0.29, 0.717) is 16.5 Å². The van der Waals surface area contributed by atoms with E-state index in [2.05, 4.69) is 34.8 Å². The van der Waals surface area contributed by atoms with Gasteiger partial charge in [0.05, 0.1) is 5.02 Å². The van der Waals surface area contributed by atoms with Crippen LogP contribution < -0.4 is 5.32 Å². The van der Waals surface area contributed by atoms with Crippen LogP contribution in [-0.4, -0.2) is 12.5 Å². The van der Waals surface area contributed by atoms with Gasteiger partial charge in [-0.05, 0) is 65.5 Å². The van der Waals surface area contributed by atoms with Gasteiger partial charge in [-0.3, -0.25) is 4.79 Å². The van der Waals surface area contributed by atoms with Crippen molar-refractivity contribution in [3.8, 4) is 0 Å². The van der Waals surface area contributed by atoms with E-state index in [1.54, 1.807) is 6.07 Å². The molecule has 0 aliphatic heterocycles. The van der Waals surface area contributed by atoms with Crippen LogP contribution in [0.2, 0.25) is 5.02 Å². The number of carbonyl (C=O) groups is 1. The minimum absolute atomic E-state index is 0.0317. The van der Waals surface area contributed by atoms with Gasteiger partial charge in [0.1, 0.15) is 0 Å². The maximum atomic E-state index is 11.9. The molecule has 0 saturated heterocycles. The fraction of sp³-hybridized carbons (Fsp3) is 0.462. The molecule has 1 amide bonds. The Morgan fingerprint density at radius 2 is 2.29 bits per heavy atom. The lowest BCUT2D eigenvalue weighted by molar-refractivity contribution is 0.0946. The lowest BCUT2D eigenvalue weighted by Gasteiger charge is -2.11. The number of amides is 1. The van der Waals surface area contributed by atoms with E-state index in [9.17, 15) is 4.79 Å². The molecule has 1 fully saturated rings. The molecule has 0 bridgehead atoms. The number of hydrogen-bond donors (Lipinski definition) is 1. The summed E-state index contributed by atoms with van der Waals surface area (Å²) in [5, 5.41) is 3.60. The first-order chi connectivity index (χ1) is 8.08. The Morgan fingerprint density at radius 3 is 2.88 bits per heavy atom. The molecule has 0 radical (unpaired) electrons. The summed E-state index contributed by atoms with van der Waals surface area (Å²) in [4.78, 5) is 11.9. The van der Waals surface area contributed by atoms with Crippen LogP contribution in [0.4, 0.5) is 0 Å². The van der Waals surface area contributed by atoms with E-state index in [1.807, 2.05) is 12.1 Å². The molecule has 1 aromatic carbocycles. The summed E-state index contributed by atoms with van der Waals surface area (Å²) in [5.74, 6) is 1.37. The van der Waals surface area contributed by atoms with E-state index in [1.165, 1.54) is 12.8 Å². The molecule has 0 heterocycles. The van der Waals surface area contributed by atoms with Gasteiger partial charge in [0.2, 0.25) is 0 Å². The highest BCUT2D eigenvalue weighted by Crippen LogP contribution is 2.36. The monoisotopic (exact) mass is 363 g/mol. The van der Waals surface area contributed by atoms with Crippen molar-refractivity contribution in [1.82, 2.24) is 5.32 Å². The van der Waals surface area contributed by atoms with Crippen molar-refractivity contribution >= 4 is 40.1 Å². The van der Waals surface area contributed by atoms with Gasteiger partial charge >= 0.3 is 0 Å². The van der Waals surface area contributed by atoms with Crippen molar-refractivity contribution in [1.29, 1.82) is 0 Å². The zero-order valence-corrected chi connectivity index (χ0v) is 12.6. The molecule has 2 nitrogen and oxygen atoms in total. The Morgan fingerprint density at radius 1 is 1.59 bits per heavy atom. The standard InChI is InChI=1S/C13H15ClINO/c1-8(9-2-3-9)7-16-13(17)10-4-5-12(15)11(14)6-10/h4-6,8-9H,2-3,7H2,1H3,(H,16,17). The molecule has 1 unspecified atom stereocenters. The summed E-state index contributed by atoms with van der Waals surface area (Å²) in [5.41, 5.74) is 0.637. The van der Waals surface area contributed by atoms with E-state index >= 15 is 0 Å². The third-order valence-electron chi connectivity index (χ3n) is 3.19. The first-order valence-electron chi connectivity index (χ1n) is 5.81. The summed E-state index contributed by atoms with van der Waals surface area (Å²) in [6.07, 6.45) is 2.62. The van der Waals surface area contributed by atoms with Gasteiger partial charge in [0.25, 0.3) is 5.91 Å². The minimum atomic E-state index is -0.0317. The molecular formula is C13H15ClINO. The predicted molar refractivity (Wildman–Crippen MR) is 78.4 cm³/mol. The highest BCUT2D eigenvalue weighted by Gasteiger charge is 2.27. The molecule has 2 rings (SSSR count). The largest absolute Gasteiger partial charge is 0.352 e. The summed E-state index contributed by atoms with van der Waals surface area (Å²) >= 11 is 8.14. The number of hydrogen-bond acceptors (Lipinski definition) is 1. The molecule has 0 spiro atoms. The highest BCUT2D eigenvalue weighted by molar-refractivity contribution is 14.1. The number of rotatable bonds is 4. The fourth-order valence-electron chi connectivity index (χ4n) is 1.83. The number of carbonyl (C=O) groups excluding carboxylic acids is 1. The van der Waals surface area contributed by atoms with Crippen LogP contribution in [-0.2, 0) is 0 Å². The van der Waals surface area contributed by atoms with Gasteiger partial charge < -0.3 is 5.32 Å². The van der Waals surface area contributed by atoms with Crippen LogP contribution in [0.5, 0.6) is 0 Å². The van der Waals surface area contributed by atoms with Gasteiger partial charge in [0, 0.05) is 15.7 Å². The van der Waals surface area contributed by atoms with Gasteiger partial charge in [-0.15, -0.1) is 0 Å². The summed E-state index contributed by atoms with van der Waals surface area (Å²) in [6.45, 7) is 2.95. The SMILES string of the molecule is CC(CNC(=O)c1ccc(I)c(Cl)c1)C1CC1. The second-order valence-corrected chi connectivity index (χ2v) is 6.22. The van der Waals surface area contributed by atoms with Crippen LogP contribution in [0.15, 0.2) is 18.2 Å². The highest BCUT2D eigenvalue weighted by atomic mass is 127. The van der Waals surface area contributed by atoms with Gasteiger partial charge in [-0.25, -0.2) is 0 Å². The normalized spacial score (nSPS) is 16.6. The van der Waals surface area contributed by atoms with Crippen LogP contribution in [0, 0.1) is 15.4 Å². The van der Waals surface area contributed by atoms with E-state index < -0.39 is 0 Å². The Hall–Kier alpha value is -0.290. The molecule has 1 saturated carbocycles. The maximum absolute atomic E-state index is 11.9. The summed E-state index contributed by atoms with van der Waals surface area (Å²) < 4.78 is 0.965. The van der Waals surface area contributed by atoms with Crippen LogP contribution in [0.25, 0.3) is 0 Å². The second-order valence-electron chi connectivity index (χ2n) is 4.65. The molecule has 1 N–H and O–H groups in total. The van der Waals surface area contributed by atoms with E-state index in [-0.39, 0.29) is 5.91 Å². The molecule has 17 heavy (non-hydrogen) atoms. The van der Waals surface area contributed by atoms with Crippen LogP contribution in [0.3, 0.4) is 0 Å². The third-order valence-corrected chi connectivity index (χ3v) is 4.77. The smallest absolute Gasteiger partial charge is 0.251 e. The van der Waals surface area contributed by atoms with Gasteiger partial charge in [-0.1, -0.05) is 18.5 Å². The van der Waals surface area contributed by atoms with Crippen molar-refractivity contribution in [2.24, 2.45) is 11.8 Å². The summed E-state index contributed by atoms with van der Waals surface area (Å²) in [7, 11) is 0. The molecule has 1 aliphatic rings. The number of nitrogens with one attached hydrogen (secondary N) is 1. The van der Waals surface area contributed by atoms with Crippen molar-refractivity contribution in [3.63, 3.8) is 0 Å². The Bertz CT molecular complexity index is 431. The lowest BCUT2D eigenvalue weighted by atomic mass is 10.1.